The second-order valence-electron chi connectivity index (χ2n) is 5.51. The van der Waals surface area contributed by atoms with E-state index in [1.807, 2.05) is 6.92 Å². The summed E-state index contributed by atoms with van der Waals surface area (Å²) >= 11 is 5.95. The van der Waals surface area contributed by atoms with Crippen molar-refractivity contribution in [1.82, 2.24) is 4.90 Å². The maximum absolute atomic E-state index is 12.5. The third-order valence-electron chi connectivity index (χ3n) is 3.69. The van der Waals surface area contributed by atoms with Crippen LogP contribution in [0.4, 0.5) is 5.69 Å². The summed E-state index contributed by atoms with van der Waals surface area (Å²) in [4.78, 5) is 35.2. The molecule has 1 amide bonds. The van der Waals surface area contributed by atoms with E-state index in [-0.39, 0.29) is 28.7 Å². The number of likely N-dealkylation sites (tertiary alicyclic amines) is 1. The number of halogens is 1. The van der Waals surface area contributed by atoms with E-state index in [4.69, 9.17) is 16.7 Å². The van der Waals surface area contributed by atoms with Crippen molar-refractivity contribution in [2.75, 3.05) is 13.1 Å². The predicted octanol–water partition coefficient (Wildman–Crippen LogP) is 2.43. The van der Waals surface area contributed by atoms with Crippen LogP contribution in [-0.4, -0.2) is 39.9 Å². The molecule has 1 saturated heterocycles. The topological polar surface area (TPSA) is 101 Å². The molecule has 0 saturated carbocycles. The molecule has 22 heavy (non-hydrogen) atoms. The quantitative estimate of drug-likeness (QED) is 0.679. The van der Waals surface area contributed by atoms with Gasteiger partial charge in [0.25, 0.3) is 11.6 Å². The van der Waals surface area contributed by atoms with Crippen molar-refractivity contribution in [2.45, 2.75) is 13.3 Å². The molecule has 2 rings (SSSR count). The fourth-order valence-electron chi connectivity index (χ4n) is 2.66. The highest BCUT2D eigenvalue weighted by molar-refractivity contribution is 6.34. The summed E-state index contributed by atoms with van der Waals surface area (Å²) in [5.41, 5.74) is -0.0533. The largest absolute Gasteiger partial charge is 0.481 e. The molecule has 7 nitrogen and oxygen atoms in total. The smallest absolute Gasteiger partial charge is 0.308 e. The van der Waals surface area contributed by atoms with E-state index in [9.17, 15) is 19.7 Å². The van der Waals surface area contributed by atoms with Gasteiger partial charge in [-0.15, -0.1) is 0 Å². The van der Waals surface area contributed by atoms with Gasteiger partial charge in [0, 0.05) is 25.2 Å². The van der Waals surface area contributed by atoms with Gasteiger partial charge in [0.1, 0.15) is 0 Å². The van der Waals surface area contributed by atoms with Gasteiger partial charge in [-0.2, -0.15) is 0 Å². The van der Waals surface area contributed by atoms with E-state index in [1.165, 1.54) is 17.0 Å². The van der Waals surface area contributed by atoms with Crippen molar-refractivity contribution in [3.05, 3.63) is 38.9 Å². The number of carboxylic acid groups (broad SMARTS) is 1. The lowest BCUT2D eigenvalue weighted by Crippen LogP contribution is -2.45. The minimum Gasteiger partial charge on any atom is -0.481 e. The molecule has 1 N–H and O–H groups in total. The number of nitro groups is 1. The second kappa shape index (κ2) is 6.31. The van der Waals surface area contributed by atoms with E-state index < -0.39 is 22.7 Å². The number of hydrogen-bond donors (Lipinski definition) is 1. The van der Waals surface area contributed by atoms with Gasteiger partial charge >= 0.3 is 5.97 Å². The maximum Gasteiger partial charge on any atom is 0.308 e. The number of piperidine rings is 1. The minimum atomic E-state index is -0.931. The average molecular weight is 327 g/mol. The lowest BCUT2D eigenvalue weighted by atomic mass is 9.90. The number of non-ortho nitro benzene ring substituents is 1. The first-order chi connectivity index (χ1) is 10.3. The minimum absolute atomic E-state index is 0.00991. The third-order valence-corrected chi connectivity index (χ3v) is 4.00. The number of carbonyl (C=O) groups is 2. The highest BCUT2D eigenvalue weighted by atomic mass is 35.5. The van der Waals surface area contributed by atoms with Gasteiger partial charge in [-0.05, 0) is 18.4 Å². The van der Waals surface area contributed by atoms with Gasteiger partial charge in [-0.1, -0.05) is 18.5 Å². The molecule has 0 spiro atoms. The van der Waals surface area contributed by atoms with Crippen molar-refractivity contribution in [3.8, 4) is 0 Å². The number of nitro benzene ring substituents is 1. The lowest BCUT2D eigenvalue weighted by molar-refractivity contribution is -0.384. The van der Waals surface area contributed by atoms with Crippen LogP contribution < -0.4 is 0 Å². The third kappa shape index (κ3) is 3.36. The van der Waals surface area contributed by atoms with Crippen molar-refractivity contribution < 1.29 is 19.6 Å². The Kier molecular flexibility index (Phi) is 4.65. The molecule has 1 aromatic rings. The zero-order valence-electron chi connectivity index (χ0n) is 11.9. The van der Waals surface area contributed by atoms with Crippen LogP contribution in [0.2, 0.25) is 5.02 Å². The summed E-state index contributed by atoms with van der Waals surface area (Å²) < 4.78 is 0. The molecule has 2 unspecified atom stereocenters. The number of benzene rings is 1. The molecule has 1 aromatic carbocycles. The molecule has 1 heterocycles. The van der Waals surface area contributed by atoms with Crippen LogP contribution in [0.15, 0.2) is 18.2 Å². The molecule has 1 aliphatic rings. The fourth-order valence-corrected chi connectivity index (χ4v) is 2.91. The highest BCUT2D eigenvalue weighted by Gasteiger charge is 2.33. The Hall–Kier alpha value is -2.15. The van der Waals surface area contributed by atoms with E-state index >= 15 is 0 Å². The fraction of sp³-hybridized carbons (Fsp3) is 0.429. The Morgan fingerprint density at radius 3 is 2.64 bits per heavy atom. The summed E-state index contributed by atoms with van der Waals surface area (Å²) in [6, 6.07) is 3.63. The first-order valence-electron chi connectivity index (χ1n) is 6.75. The van der Waals surface area contributed by atoms with Crippen LogP contribution in [0.1, 0.15) is 23.7 Å². The summed E-state index contributed by atoms with van der Waals surface area (Å²) in [7, 11) is 0. The van der Waals surface area contributed by atoms with Gasteiger partial charge in [0.15, 0.2) is 0 Å². The van der Waals surface area contributed by atoms with E-state index in [0.29, 0.717) is 13.0 Å². The molecule has 118 valence electrons. The lowest BCUT2D eigenvalue weighted by Gasteiger charge is -2.34. The van der Waals surface area contributed by atoms with Gasteiger partial charge in [-0.3, -0.25) is 19.7 Å². The van der Waals surface area contributed by atoms with Crippen LogP contribution in [-0.2, 0) is 4.79 Å². The Labute approximate surface area is 131 Å². The number of aliphatic carboxylic acids is 1. The first-order valence-corrected chi connectivity index (χ1v) is 7.13. The van der Waals surface area contributed by atoms with Crippen LogP contribution in [0, 0.1) is 22.0 Å². The van der Waals surface area contributed by atoms with E-state index in [1.54, 1.807) is 0 Å². The zero-order chi connectivity index (χ0) is 16.4. The summed E-state index contributed by atoms with van der Waals surface area (Å²) in [6.07, 6.45) is 0.521. The first kappa shape index (κ1) is 16.2. The number of carboxylic acids is 1. The molecule has 0 aliphatic carbocycles. The standard InChI is InChI=1S/C14H15ClN2O5/c1-8-4-9(14(19)20)7-16(6-8)13(18)11-3-2-10(17(21)22)5-12(11)15/h2-3,5,8-9H,4,6-7H2,1H3,(H,19,20). The van der Waals surface area contributed by atoms with Crippen molar-refractivity contribution in [2.24, 2.45) is 11.8 Å². The number of rotatable bonds is 3. The number of hydrogen-bond acceptors (Lipinski definition) is 4. The second-order valence-corrected chi connectivity index (χ2v) is 5.91. The van der Waals surface area contributed by atoms with Crippen LogP contribution in [0.3, 0.4) is 0 Å². The van der Waals surface area contributed by atoms with E-state index in [0.717, 1.165) is 6.07 Å². The monoisotopic (exact) mass is 326 g/mol. The maximum atomic E-state index is 12.5. The number of nitrogens with zero attached hydrogens (tertiary/aromatic N) is 2. The highest BCUT2D eigenvalue weighted by Crippen LogP contribution is 2.27. The van der Waals surface area contributed by atoms with Crippen LogP contribution in [0.5, 0.6) is 0 Å². The van der Waals surface area contributed by atoms with Gasteiger partial charge < -0.3 is 10.0 Å². The van der Waals surface area contributed by atoms with Crippen molar-refractivity contribution in [3.63, 3.8) is 0 Å². The zero-order valence-corrected chi connectivity index (χ0v) is 12.6. The number of carbonyl (C=O) groups excluding carboxylic acids is 1. The Bertz CT molecular complexity index is 634. The molecule has 2 atom stereocenters. The normalized spacial score (nSPS) is 21.5. The van der Waals surface area contributed by atoms with E-state index in [2.05, 4.69) is 0 Å². The molecule has 8 heteroatoms. The molecule has 1 fully saturated rings. The summed E-state index contributed by atoms with van der Waals surface area (Å²) in [5, 5.41) is 19.8. The van der Waals surface area contributed by atoms with Gasteiger partial charge in [0.2, 0.25) is 0 Å². The summed E-state index contributed by atoms with van der Waals surface area (Å²) in [6.45, 7) is 2.44. The SMILES string of the molecule is CC1CC(C(=O)O)CN(C(=O)c2ccc([N+](=O)[O-])cc2Cl)C1. The van der Waals surface area contributed by atoms with Gasteiger partial charge in [-0.25, -0.2) is 0 Å². The predicted molar refractivity (Wildman–Crippen MR) is 78.9 cm³/mol. The molecular formula is C14H15ClN2O5. The summed E-state index contributed by atoms with van der Waals surface area (Å²) in [5.74, 6) is -1.88. The van der Waals surface area contributed by atoms with Crippen LogP contribution in [0.25, 0.3) is 0 Å². The Morgan fingerprint density at radius 1 is 1.41 bits per heavy atom. The molecular weight excluding hydrogens is 312 g/mol. The van der Waals surface area contributed by atoms with Gasteiger partial charge in [0.05, 0.1) is 21.4 Å². The molecule has 1 aliphatic heterocycles. The molecule has 0 aromatic heterocycles. The van der Waals surface area contributed by atoms with Crippen molar-refractivity contribution >= 4 is 29.2 Å². The molecule has 0 bridgehead atoms. The number of amides is 1. The molecule has 0 radical (unpaired) electrons. The Balaban J connectivity index is 2.23. The Morgan fingerprint density at radius 2 is 2.09 bits per heavy atom. The van der Waals surface area contributed by atoms with Crippen LogP contribution >= 0.6 is 11.6 Å². The van der Waals surface area contributed by atoms with Crippen molar-refractivity contribution in [1.29, 1.82) is 0 Å². The average Bonchev–Trinajstić information content (AvgIpc) is 2.45.